The molecule has 162 valence electrons. The van der Waals surface area contributed by atoms with Gasteiger partial charge in [-0.05, 0) is 26.8 Å². The van der Waals surface area contributed by atoms with Gasteiger partial charge in [-0.2, -0.15) is 13.2 Å². The van der Waals surface area contributed by atoms with Gasteiger partial charge in [0.2, 0.25) is 0 Å². The number of anilines is 2. The summed E-state index contributed by atoms with van der Waals surface area (Å²) in [6, 6.07) is 0.216. The number of methoxy groups -OCH3 is 1. The number of hydrogen-bond donors (Lipinski definition) is 1. The Kier molecular flexibility index (Phi) is 6.49. The van der Waals surface area contributed by atoms with Crippen LogP contribution in [0.4, 0.5) is 29.5 Å². The van der Waals surface area contributed by atoms with E-state index < -0.39 is 35.4 Å². The predicted molar refractivity (Wildman–Crippen MR) is 99.2 cm³/mol. The maximum Gasteiger partial charge on any atom is 0.417 e. The topological polar surface area (TPSA) is 98.0 Å². The minimum absolute atomic E-state index is 0.0993. The first kappa shape index (κ1) is 22.6. The first-order chi connectivity index (χ1) is 13.3. The summed E-state index contributed by atoms with van der Waals surface area (Å²) in [4.78, 5) is 31.2. The Morgan fingerprint density at radius 3 is 2.45 bits per heavy atom. The number of rotatable bonds is 3. The van der Waals surface area contributed by atoms with E-state index in [-0.39, 0.29) is 37.6 Å². The maximum atomic E-state index is 12.9. The fourth-order valence-electron chi connectivity index (χ4n) is 2.95. The van der Waals surface area contributed by atoms with Crippen LogP contribution in [0.2, 0.25) is 0 Å². The molecule has 1 aromatic rings. The lowest BCUT2D eigenvalue weighted by molar-refractivity contribution is -0.141. The third kappa shape index (κ3) is 5.88. The number of halogens is 3. The molecule has 0 aliphatic carbocycles. The summed E-state index contributed by atoms with van der Waals surface area (Å²) in [6.07, 6.45) is -4.51. The molecule has 1 aromatic heterocycles. The van der Waals surface area contributed by atoms with Crippen LogP contribution in [-0.2, 0) is 20.4 Å². The van der Waals surface area contributed by atoms with Crippen molar-refractivity contribution >= 4 is 23.6 Å². The molecule has 1 amide bonds. The lowest BCUT2D eigenvalue weighted by Gasteiger charge is -2.42. The van der Waals surface area contributed by atoms with Gasteiger partial charge in [0.15, 0.2) is 5.82 Å². The Bertz CT molecular complexity index is 764. The van der Waals surface area contributed by atoms with E-state index in [1.807, 2.05) is 0 Å². The summed E-state index contributed by atoms with van der Waals surface area (Å²) in [5.74, 6) is -0.410. The van der Waals surface area contributed by atoms with E-state index >= 15 is 0 Å². The lowest BCUT2D eigenvalue weighted by Crippen LogP contribution is -2.56. The molecular weight excluding hydrogens is 393 g/mol. The Morgan fingerprint density at radius 2 is 1.93 bits per heavy atom. The number of amides is 1. The number of nitrogen functional groups attached to an aromatic ring is 1. The quantitative estimate of drug-likeness (QED) is 0.754. The number of alkyl halides is 3. The van der Waals surface area contributed by atoms with Crippen molar-refractivity contribution in [1.82, 2.24) is 9.88 Å². The fourth-order valence-corrected chi connectivity index (χ4v) is 2.95. The van der Waals surface area contributed by atoms with Crippen molar-refractivity contribution in [3.8, 4) is 0 Å². The fraction of sp³-hybridized carbons (Fsp3) is 0.611. The van der Waals surface area contributed by atoms with E-state index in [4.69, 9.17) is 15.2 Å². The van der Waals surface area contributed by atoms with Crippen LogP contribution in [0.3, 0.4) is 0 Å². The number of pyridine rings is 1. The zero-order valence-electron chi connectivity index (χ0n) is 16.7. The number of carbonyl (C=O) groups is 2. The molecule has 0 radical (unpaired) electrons. The highest BCUT2D eigenvalue weighted by atomic mass is 19.4. The highest BCUT2D eigenvalue weighted by molar-refractivity contribution is 5.73. The van der Waals surface area contributed by atoms with Crippen LogP contribution in [0.5, 0.6) is 0 Å². The molecule has 8 nitrogen and oxygen atoms in total. The first-order valence-corrected chi connectivity index (χ1v) is 8.96. The second-order valence-electron chi connectivity index (χ2n) is 7.69. The van der Waals surface area contributed by atoms with E-state index in [1.165, 1.54) is 12.0 Å². The van der Waals surface area contributed by atoms with Gasteiger partial charge < -0.3 is 25.0 Å². The number of carbonyl (C=O) groups excluding carboxylic acids is 2. The van der Waals surface area contributed by atoms with Crippen molar-refractivity contribution in [2.45, 2.75) is 45.0 Å². The monoisotopic (exact) mass is 418 g/mol. The summed E-state index contributed by atoms with van der Waals surface area (Å²) in [5, 5.41) is 0. The van der Waals surface area contributed by atoms with Gasteiger partial charge in [0.05, 0.1) is 30.8 Å². The molecule has 29 heavy (non-hydrogen) atoms. The molecule has 11 heteroatoms. The average Bonchev–Trinajstić information content (AvgIpc) is 2.59. The molecule has 0 saturated carbocycles. The van der Waals surface area contributed by atoms with Crippen LogP contribution < -0.4 is 10.6 Å². The number of piperazine rings is 1. The second-order valence-corrected chi connectivity index (χ2v) is 7.69. The van der Waals surface area contributed by atoms with Gasteiger partial charge in [0, 0.05) is 25.8 Å². The smallest absolute Gasteiger partial charge is 0.417 e. The Balaban J connectivity index is 2.27. The van der Waals surface area contributed by atoms with Gasteiger partial charge in [-0.15, -0.1) is 0 Å². The van der Waals surface area contributed by atoms with E-state index in [9.17, 15) is 22.8 Å². The van der Waals surface area contributed by atoms with E-state index in [1.54, 1.807) is 25.7 Å². The van der Waals surface area contributed by atoms with Crippen molar-refractivity contribution in [2.24, 2.45) is 0 Å². The summed E-state index contributed by atoms with van der Waals surface area (Å²) in [7, 11) is 1.23. The molecule has 1 unspecified atom stereocenters. The van der Waals surface area contributed by atoms with Gasteiger partial charge in [-0.1, -0.05) is 0 Å². The van der Waals surface area contributed by atoms with Gasteiger partial charge in [-0.25, -0.2) is 9.78 Å². The van der Waals surface area contributed by atoms with Gasteiger partial charge >= 0.3 is 18.2 Å². The maximum absolute atomic E-state index is 12.9. The highest BCUT2D eigenvalue weighted by Gasteiger charge is 2.36. The van der Waals surface area contributed by atoms with Crippen molar-refractivity contribution in [3.63, 3.8) is 0 Å². The molecule has 2 N–H and O–H groups in total. The molecule has 1 aliphatic heterocycles. The van der Waals surface area contributed by atoms with Crippen LogP contribution >= 0.6 is 0 Å². The van der Waals surface area contributed by atoms with Crippen molar-refractivity contribution in [1.29, 1.82) is 0 Å². The summed E-state index contributed by atoms with van der Waals surface area (Å²) in [6.45, 7) is 5.75. The van der Waals surface area contributed by atoms with Crippen LogP contribution in [0, 0.1) is 0 Å². The summed E-state index contributed by atoms with van der Waals surface area (Å²) >= 11 is 0. The summed E-state index contributed by atoms with van der Waals surface area (Å²) in [5.41, 5.74) is 4.01. The number of hydrogen-bond acceptors (Lipinski definition) is 7. The molecule has 0 bridgehead atoms. The molecule has 1 saturated heterocycles. The van der Waals surface area contributed by atoms with Gasteiger partial charge in [0.25, 0.3) is 0 Å². The Hall–Kier alpha value is -2.72. The van der Waals surface area contributed by atoms with Gasteiger partial charge in [-0.3, -0.25) is 4.79 Å². The molecule has 2 heterocycles. The third-order valence-corrected chi connectivity index (χ3v) is 4.26. The van der Waals surface area contributed by atoms with Crippen LogP contribution in [-0.4, -0.2) is 60.3 Å². The minimum Gasteiger partial charge on any atom is -0.469 e. The predicted octanol–water partition coefficient (Wildman–Crippen LogP) is 2.67. The molecule has 1 atom stereocenters. The number of ether oxygens (including phenoxy) is 2. The minimum atomic E-state index is -4.57. The number of nitrogens with two attached hydrogens (primary N) is 1. The van der Waals surface area contributed by atoms with E-state index in [0.717, 1.165) is 6.07 Å². The molecule has 1 fully saturated rings. The standard InChI is InChI=1S/C18H25F3N4O4/c1-17(2,3)29-16(27)24-5-6-25(12(10-24)8-14(26)28-4)15-13(22)7-11(9-23-15)18(19,20)21/h7,9,12H,5-6,8,10,22H2,1-4H3. The third-order valence-electron chi connectivity index (χ3n) is 4.26. The molecule has 0 aromatic carbocycles. The SMILES string of the molecule is COC(=O)CC1CN(C(=O)OC(C)(C)C)CCN1c1ncc(C(F)(F)F)cc1N. The van der Waals surface area contributed by atoms with E-state index in [2.05, 4.69) is 4.98 Å². The zero-order chi connectivity index (χ0) is 22.0. The van der Waals surface area contributed by atoms with Crippen molar-refractivity contribution in [3.05, 3.63) is 17.8 Å². The Morgan fingerprint density at radius 1 is 1.28 bits per heavy atom. The van der Waals surface area contributed by atoms with Crippen LogP contribution in [0.1, 0.15) is 32.8 Å². The molecular formula is C18H25F3N4O4. The molecule has 1 aliphatic rings. The highest BCUT2D eigenvalue weighted by Crippen LogP contribution is 2.34. The summed E-state index contributed by atoms with van der Waals surface area (Å²) < 4.78 is 48.7. The lowest BCUT2D eigenvalue weighted by atomic mass is 10.1. The van der Waals surface area contributed by atoms with Crippen molar-refractivity contribution < 1.29 is 32.2 Å². The van der Waals surface area contributed by atoms with E-state index in [0.29, 0.717) is 6.20 Å². The van der Waals surface area contributed by atoms with Gasteiger partial charge in [0.1, 0.15) is 5.60 Å². The average molecular weight is 418 g/mol. The molecule has 0 spiro atoms. The Labute approximate surface area is 166 Å². The number of esters is 1. The zero-order valence-corrected chi connectivity index (χ0v) is 16.7. The molecule has 2 rings (SSSR count). The number of nitrogens with zero attached hydrogens (tertiary/aromatic N) is 3. The van der Waals surface area contributed by atoms with Crippen molar-refractivity contribution in [2.75, 3.05) is 37.4 Å². The normalized spacial score (nSPS) is 17.8. The van der Waals surface area contributed by atoms with Crippen LogP contribution in [0.25, 0.3) is 0 Å². The second kappa shape index (κ2) is 8.34. The van der Waals surface area contributed by atoms with Crippen LogP contribution in [0.15, 0.2) is 12.3 Å². The first-order valence-electron chi connectivity index (χ1n) is 8.96. The number of aromatic nitrogens is 1. The largest absolute Gasteiger partial charge is 0.469 e.